The minimum absolute atomic E-state index is 0.0557. The molecule has 0 radical (unpaired) electrons. The molecule has 2 aromatic heterocycles. The fourth-order valence-corrected chi connectivity index (χ4v) is 3.59. The third-order valence-electron chi connectivity index (χ3n) is 5.12. The Balaban J connectivity index is 1.42. The van der Waals surface area contributed by atoms with Crippen molar-refractivity contribution in [3.8, 4) is 5.75 Å². The van der Waals surface area contributed by atoms with Crippen LogP contribution in [-0.2, 0) is 11.3 Å². The lowest BCUT2D eigenvalue weighted by atomic mass is 10.0. The molecule has 4 rings (SSSR count). The Kier molecular flexibility index (Phi) is 6.97. The number of hydrogen-bond donors (Lipinski definition) is 2. The summed E-state index contributed by atoms with van der Waals surface area (Å²) in [5.41, 5.74) is 0.253. The van der Waals surface area contributed by atoms with Crippen molar-refractivity contribution in [3.63, 3.8) is 0 Å². The van der Waals surface area contributed by atoms with Gasteiger partial charge in [0.1, 0.15) is 11.5 Å². The van der Waals surface area contributed by atoms with E-state index in [0.29, 0.717) is 31.3 Å². The van der Waals surface area contributed by atoms with Crippen molar-refractivity contribution in [2.45, 2.75) is 6.54 Å². The number of nitrogens with one attached hydrogen (secondary N) is 2. The van der Waals surface area contributed by atoms with Crippen LogP contribution in [0.5, 0.6) is 5.75 Å². The van der Waals surface area contributed by atoms with Crippen LogP contribution >= 0.6 is 11.6 Å². The number of amides is 1. The molecule has 1 amide bonds. The number of methoxy groups -OCH3 is 1. The number of nitrogens with zero attached hydrogens (tertiary/aromatic N) is 3. The van der Waals surface area contributed by atoms with Crippen LogP contribution < -0.4 is 10.1 Å². The van der Waals surface area contributed by atoms with Gasteiger partial charge in [-0.25, -0.2) is 14.4 Å². The highest BCUT2D eigenvalue weighted by Gasteiger charge is 2.23. The predicted molar refractivity (Wildman–Crippen MR) is 118 cm³/mol. The number of ether oxygens (including phenoxy) is 2. The summed E-state index contributed by atoms with van der Waals surface area (Å²) in [6.07, 6.45) is 4.34. The monoisotopic (exact) mass is 473 g/mol. The molecule has 9 nitrogen and oxygen atoms in total. The molecular weight excluding hydrogens is 453 g/mol. The van der Waals surface area contributed by atoms with Gasteiger partial charge in [-0.05, 0) is 18.2 Å². The Bertz CT molecular complexity index is 1160. The highest BCUT2D eigenvalue weighted by molar-refractivity contribution is 6.35. The Morgan fingerprint density at radius 3 is 2.70 bits per heavy atom. The van der Waals surface area contributed by atoms with E-state index >= 15 is 0 Å². The number of carbonyl (C=O) groups is 2. The van der Waals surface area contributed by atoms with Gasteiger partial charge >= 0.3 is 0 Å². The molecule has 3 aromatic rings. The summed E-state index contributed by atoms with van der Waals surface area (Å²) >= 11 is 6.03. The second-order valence-corrected chi connectivity index (χ2v) is 7.71. The number of anilines is 1. The summed E-state index contributed by atoms with van der Waals surface area (Å²) in [6.45, 7) is 3.61. The molecular formula is C22H21ClFN5O4. The first-order valence-electron chi connectivity index (χ1n) is 10.1. The van der Waals surface area contributed by atoms with Gasteiger partial charge in [0.2, 0.25) is 0 Å². The molecule has 0 aliphatic carbocycles. The van der Waals surface area contributed by atoms with E-state index in [2.05, 4.69) is 25.2 Å². The van der Waals surface area contributed by atoms with E-state index in [4.69, 9.17) is 21.1 Å². The number of rotatable bonds is 7. The van der Waals surface area contributed by atoms with Gasteiger partial charge in [-0.1, -0.05) is 11.6 Å². The van der Waals surface area contributed by atoms with Crippen molar-refractivity contribution in [1.82, 2.24) is 19.9 Å². The van der Waals surface area contributed by atoms with E-state index in [9.17, 15) is 14.0 Å². The SMILES string of the molecule is COc1ccc(Cl)c(C(=O)c2c[nH]c(C(=O)Nc3cnc(CN4CCOCC4)nc3)c2)c1F. The molecule has 172 valence electrons. The standard InChI is InChI=1S/C22H21ClFN5O4/c1-32-17-3-2-15(23)19(20(17)24)21(30)13-8-16(25-9-13)22(31)28-14-10-26-18(27-11-14)12-29-4-6-33-7-5-29/h2-3,8-11,25H,4-7,12H2,1H3,(H,28,31). The lowest BCUT2D eigenvalue weighted by Gasteiger charge is -2.25. The van der Waals surface area contributed by atoms with E-state index in [1.807, 2.05) is 0 Å². The summed E-state index contributed by atoms with van der Waals surface area (Å²) in [6, 6.07) is 4.03. The van der Waals surface area contributed by atoms with E-state index in [-0.39, 0.29) is 27.6 Å². The normalized spacial score (nSPS) is 14.2. The van der Waals surface area contributed by atoms with Gasteiger partial charge in [-0.2, -0.15) is 0 Å². The number of H-pyrrole nitrogens is 1. The number of halogens is 2. The van der Waals surface area contributed by atoms with E-state index in [1.165, 1.54) is 43.9 Å². The van der Waals surface area contributed by atoms with Crippen LogP contribution in [0.4, 0.5) is 10.1 Å². The number of aromatic amines is 1. The molecule has 0 saturated carbocycles. The van der Waals surface area contributed by atoms with Crippen molar-refractivity contribution in [2.24, 2.45) is 0 Å². The second kappa shape index (κ2) is 10.1. The maximum atomic E-state index is 14.6. The van der Waals surface area contributed by atoms with Crippen LogP contribution in [0.3, 0.4) is 0 Å². The number of carbonyl (C=O) groups excluding carboxylic acids is 2. The molecule has 0 unspecified atom stereocenters. The van der Waals surface area contributed by atoms with E-state index in [0.717, 1.165) is 13.1 Å². The fourth-order valence-electron chi connectivity index (χ4n) is 3.36. The first-order chi connectivity index (χ1) is 16.0. The second-order valence-electron chi connectivity index (χ2n) is 7.30. The van der Waals surface area contributed by atoms with Gasteiger partial charge in [0.15, 0.2) is 17.3 Å². The highest BCUT2D eigenvalue weighted by Crippen LogP contribution is 2.29. The summed E-state index contributed by atoms with van der Waals surface area (Å²) in [5.74, 6) is -1.51. The molecule has 1 fully saturated rings. The van der Waals surface area contributed by atoms with Gasteiger partial charge < -0.3 is 19.8 Å². The van der Waals surface area contributed by atoms with Gasteiger partial charge in [-0.3, -0.25) is 14.5 Å². The molecule has 1 aliphatic rings. The Morgan fingerprint density at radius 1 is 1.27 bits per heavy atom. The van der Waals surface area contributed by atoms with Crippen LogP contribution in [0, 0.1) is 5.82 Å². The van der Waals surface area contributed by atoms with Crippen molar-refractivity contribution in [2.75, 3.05) is 38.7 Å². The Labute approximate surface area is 193 Å². The first kappa shape index (κ1) is 22.8. The average molecular weight is 474 g/mol. The number of morpholine rings is 1. The van der Waals surface area contributed by atoms with Crippen LogP contribution in [0.15, 0.2) is 36.8 Å². The lowest BCUT2D eigenvalue weighted by molar-refractivity contribution is 0.0330. The molecule has 0 atom stereocenters. The Morgan fingerprint density at radius 2 is 2.00 bits per heavy atom. The van der Waals surface area contributed by atoms with Crippen molar-refractivity contribution < 1.29 is 23.5 Å². The third kappa shape index (κ3) is 5.19. The molecule has 11 heteroatoms. The van der Waals surface area contributed by atoms with Gasteiger partial charge in [-0.15, -0.1) is 0 Å². The zero-order chi connectivity index (χ0) is 23.4. The van der Waals surface area contributed by atoms with Crippen LogP contribution in [0.1, 0.15) is 32.2 Å². The van der Waals surface area contributed by atoms with Crippen LogP contribution in [0.25, 0.3) is 0 Å². The quantitative estimate of drug-likeness (QED) is 0.508. The highest BCUT2D eigenvalue weighted by atomic mass is 35.5. The van der Waals surface area contributed by atoms with Gasteiger partial charge in [0, 0.05) is 24.8 Å². The van der Waals surface area contributed by atoms with Crippen molar-refractivity contribution in [3.05, 3.63) is 70.3 Å². The molecule has 0 spiro atoms. The zero-order valence-electron chi connectivity index (χ0n) is 17.7. The number of ketones is 1. The topological polar surface area (TPSA) is 109 Å². The molecule has 1 aliphatic heterocycles. The van der Waals surface area contributed by atoms with Gasteiger partial charge in [0.25, 0.3) is 5.91 Å². The van der Waals surface area contributed by atoms with Crippen LogP contribution in [0.2, 0.25) is 5.02 Å². The smallest absolute Gasteiger partial charge is 0.272 e. The molecule has 1 aromatic carbocycles. The molecule has 33 heavy (non-hydrogen) atoms. The fraction of sp³-hybridized carbons (Fsp3) is 0.273. The molecule has 1 saturated heterocycles. The molecule has 2 N–H and O–H groups in total. The van der Waals surface area contributed by atoms with E-state index < -0.39 is 17.5 Å². The summed E-state index contributed by atoms with van der Waals surface area (Å²) in [7, 11) is 1.29. The first-order valence-corrected chi connectivity index (χ1v) is 10.5. The minimum Gasteiger partial charge on any atom is -0.494 e. The lowest BCUT2D eigenvalue weighted by Crippen LogP contribution is -2.36. The molecule has 0 bridgehead atoms. The number of benzene rings is 1. The molecule has 3 heterocycles. The van der Waals surface area contributed by atoms with Gasteiger partial charge in [0.05, 0.1) is 55.5 Å². The van der Waals surface area contributed by atoms with Crippen LogP contribution in [-0.4, -0.2) is 65.0 Å². The third-order valence-corrected chi connectivity index (χ3v) is 5.44. The van der Waals surface area contributed by atoms with Crippen molar-refractivity contribution in [1.29, 1.82) is 0 Å². The number of hydrogen-bond acceptors (Lipinski definition) is 7. The predicted octanol–water partition coefficient (Wildman–Crippen LogP) is 2.92. The van der Waals surface area contributed by atoms with Crippen molar-refractivity contribution >= 4 is 29.0 Å². The summed E-state index contributed by atoms with van der Waals surface area (Å²) in [4.78, 5) is 38.8. The maximum Gasteiger partial charge on any atom is 0.272 e. The Hall–Kier alpha value is -3.34. The minimum atomic E-state index is -0.864. The largest absolute Gasteiger partial charge is 0.494 e. The average Bonchev–Trinajstić information content (AvgIpc) is 3.32. The maximum absolute atomic E-state index is 14.6. The summed E-state index contributed by atoms with van der Waals surface area (Å²) < 4.78 is 24.8. The summed E-state index contributed by atoms with van der Waals surface area (Å²) in [5, 5.41) is 2.61. The number of aromatic nitrogens is 3. The zero-order valence-corrected chi connectivity index (χ0v) is 18.5. The van der Waals surface area contributed by atoms with E-state index in [1.54, 1.807) is 0 Å².